The van der Waals surface area contributed by atoms with E-state index in [1.165, 1.54) is 6.08 Å². The van der Waals surface area contributed by atoms with Crippen LogP contribution in [0.25, 0.3) is 0 Å². The third-order valence-electron chi connectivity index (χ3n) is 2.28. The molecule has 0 spiro atoms. The van der Waals surface area contributed by atoms with E-state index in [9.17, 15) is 9.59 Å². The number of rotatable bonds is 6. The second kappa shape index (κ2) is 7.09. The van der Waals surface area contributed by atoms with Gasteiger partial charge < -0.3 is 9.64 Å². The lowest BCUT2D eigenvalue weighted by molar-refractivity contribution is -0.153. The van der Waals surface area contributed by atoms with Crippen molar-refractivity contribution in [2.75, 3.05) is 20.2 Å². The van der Waals surface area contributed by atoms with E-state index in [0.717, 1.165) is 12.8 Å². The molecule has 4 nitrogen and oxygen atoms in total. The Kier molecular flexibility index (Phi) is 6.54. The first-order valence-corrected chi connectivity index (χ1v) is 5.84. The summed E-state index contributed by atoms with van der Waals surface area (Å²) in [6.45, 7) is 9.95. The molecule has 0 N–H and O–H groups in total. The van der Waals surface area contributed by atoms with Crippen LogP contribution in [-0.2, 0) is 14.3 Å². The average molecular weight is 241 g/mol. The summed E-state index contributed by atoms with van der Waals surface area (Å²) in [6, 6.07) is 0. The Morgan fingerprint density at radius 1 is 1.29 bits per heavy atom. The molecule has 98 valence electrons. The topological polar surface area (TPSA) is 46.6 Å². The zero-order chi connectivity index (χ0) is 13.5. The smallest absolute Gasteiger partial charge is 0.311 e. The molecule has 0 atom stereocenters. The van der Waals surface area contributed by atoms with Crippen molar-refractivity contribution in [1.82, 2.24) is 4.90 Å². The van der Waals surface area contributed by atoms with Gasteiger partial charge in [0, 0.05) is 13.6 Å². The summed E-state index contributed by atoms with van der Waals surface area (Å²) in [5, 5.41) is 0. The van der Waals surface area contributed by atoms with Crippen molar-refractivity contribution in [1.29, 1.82) is 0 Å². The molecule has 0 aliphatic carbocycles. The SMILES string of the molecule is C=CC(=O)N(C)CCCCOC(=O)C(C)(C)C. The van der Waals surface area contributed by atoms with Crippen LogP contribution >= 0.6 is 0 Å². The summed E-state index contributed by atoms with van der Waals surface area (Å²) in [7, 11) is 1.73. The fourth-order valence-electron chi connectivity index (χ4n) is 1.10. The van der Waals surface area contributed by atoms with Crippen LogP contribution in [0.3, 0.4) is 0 Å². The molecule has 0 aromatic carbocycles. The predicted octanol–water partition coefficient (Wildman–Crippen LogP) is 2.00. The molecule has 0 bridgehead atoms. The lowest BCUT2D eigenvalue weighted by Crippen LogP contribution is -2.26. The van der Waals surface area contributed by atoms with Gasteiger partial charge in [0.2, 0.25) is 5.91 Å². The van der Waals surface area contributed by atoms with Gasteiger partial charge in [-0.25, -0.2) is 0 Å². The van der Waals surface area contributed by atoms with Gasteiger partial charge >= 0.3 is 5.97 Å². The molecule has 0 fully saturated rings. The zero-order valence-corrected chi connectivity index (χ0v) is 11.3. The molecule has 0 aliphatic rings. The number of hydrogen-bond acceptors (Lipinski definition) is 3. The fraction of sp³-hybridized carbons (Fsp3) is 0.692. The van der Waals surface area contributed by atoms with E-state index in [1.807, 2.05) is 20.8 Å². The first-order chi connectivity index (χ1) is 7.79. The maximum absolute atomic E-state index is 11.4. The lowest BCUT2D eigenvalue weighted by atomic mass is 9.97. The number of unbranched alkanes of at least 4 members (excludes halogenated alkanes) is 1. The van der Waals surface area contributed by atoms with Crippen molar-refractivity contribution in [2.24, 2.45) is 5.41 Å². The Balaban J connectivity index is 3.63. The summed E-state index contributed by atoms with van der Waals surface area (Å²) < 4.78 is 5.11. The van der Waals surface area contributed by atoms with Crippen molar-refractivity contribution >= 4 is 11.9 Å². The van der Waals surface area contributed by atoms with E-state index < -0.39 is 5.41 Å². The molecule has 0 rings (SSSR count). The van der Waals surface area contributed by atoms with E-state index in [1.54, 1.807) is 11.9 Å². The maximum Gasteiger partial charge on any atom is 0.311 e. The molecule has 0 radical (unpaired) electrons. The van der Waals surface area contributed by atoms with Gasteiger partial charge in [0.25, 0.3) is 0 Å². The molecule has 0 saturated heterocycles. The molecule has 0 saturated carbocycles. The summed E-state index contributed by atoms with van der Waals surface area (Å²) >= 11 is 0. The minimum absolute atomic E-state index is 0.0864. The van der Waals surface area contributed by atoms with Gasteiger partial charge in [0.15, 0.2) is 0 Å². The number of likely N-dealkylation sites (N-methyl/N-ethyl adjacent to an activating group) is 1. The molecular formula is C13H23NO3. The normalized spacial score (nSPS) is 10.8. The predicted molar refractivity (Wildman–Crippen MR) is 67.5 cm³/mol. The van der Waals surface area contributed by atoms with Crippen LogP contribution in [0.5, 0.6) is 0 Å². The van der Waals surface area contributed by atoms with E-state index >= 15 is 0 Å². The van der Waals surface area contributed by atoms with Crippen LogP contribution in [0.15, 0.2) is 12.7 Å². The highest BCUT2D eigenvalue weighted by atomic mass is 16.5. The standard InChI is InChI=1S/C13H23NO3/c1-6-11(15)14(5)9-7-8-10-17-12(16)13(2,3)4/h6H,1,7-10H2,2-5H3. The van der Waals surface area contributed by atoms with Gasteiger partial charge in [-0.05, 0) is 39.7 Å². The number of carbonyl (C=O) groups excluding carboxylic acids is 2. The molecule has 0 aromatic rings. The van der Waals surface area contributed by atoms with Gasteiger partial charge in [-0.1, -0.05) is 6.58 Å². The van der Waals surface area contributed by atoms with Crippen LogP contribution in [0.4, 0.5) is 0 Å². The van der Waals surface area contributed by atoms with Crippen molar-refractivity contribution in [3.05, 3.63) is 12.7 Å². The second-order valence-electron chi connectivity index (χ2n) is 5.06. The van der Waals surface area contributed by atoms with E-state index in [-0.39, 0.29) is 11.9 Å². The molecule has 0 aromatic heterocycles. The van der Waals surface area contributed by atoms with E-state index in [0.29, 0.717) is 13.2 Å². The number of amides is 1. The van der Waals surface area contributed by atoms with Crippen LogP contribution in [-0.4, -0.2) is 37.0 Å². The monoisotopic (exact) mass is 241 g/mol. The van der Waals surface area contributed by atoms with Crippen LogP contribution < -0.4 is 0 Å². The first kappa shape index (κ1) is 15.7. The van der Waals surface area contributed by atoms with Crippen molar-refractivity contribution in [2.45, 2.75) is 33.6 Å². The zero-order valence-electron chi connectivity index (χ0n) is 11.3. The minimum Gasteiger partial charge on any atom is -0.465 e. The van der Waals surface area contributed by atoms with Crippen LogP contribution in [0, 0.1) is 5.41 Å². The average Bonchev–Trinajstić information content (AvgIpc) is 2.25. The molecule has 0 unspecified atom stereocenters. The number of hydrogen-bond donors (Lipinski definition) is 0. The molecule has 17 heavy (non-hydrogen) atoms. The van der Waals surface area contributed by atoms with Crippen molar-refractivity contribution in [3.63, 3.8) is 0 Å². The first-order valence-electron chi connectivity index (χ1n) is 5.84. The van der Waals surface area contributed by atoms with Crippen molar-refractivity contribution < 1.29 is 14.3 Å². The Morgan fingerprint density at radius 3 is 2.35 bits per heavy atom. The summed E-state index contributed by atoms with van der Waals surface area (Å²) in [4.78, 5) is 24.1. The molecular weight excluding hydrogens is 218 g/mol. The molecule has 0 heterocycles. The largest absolute Gasteiger partial charge is 0.465 e. The number of nitrogens with zero attached hydrogens (tertiary/aromatic N) is 1. The summed E-state index contributed by atoms with van der Waals surface area (Å²) in [5.41, 5.74) is -0.449. The van der Waals surface area contributed by atoms with E-state index in [2.05, 4.69) is 6.58 Å². The summed E-state index contributed by atoms with van der Waals surface area (Å²) in [5.74, 6) is -0.273. The quantitative estimate of drug-likeness (QED) is 0.406. The Morgan fingerprint density at radius 2 is 1.88 bits per heavy atom. The third kappa shape index (κ3) is 6.76. The van der Waals surface area contributed by atoms with Gasteiger partial charge in [0.05, 0.1) is 12.0 Å². The Labute approximate surface area is 104 Å². The minimum atomic E-state index is -0.449. The number of carbonyl (C=O) groups is 2. The van der Waals surface area contributed by atoms with Gasteiger partial charge in [-0.15, -0.1) is 0 Å². The third-order valence-corrected chi connectivity index (χ3v) is 2.28. The van der Waals surface area contributed by atoms with Gasteiger partial charge in [0.1, 0.15) is 0 Å². The highest BCUT2D eigenvalue weighted by Gasteiger charge is 2.22. The van der Waals surface area contributed by atoms with Crippen LogP contribution in [0.2, 0.25) is 0 Å². The Bertz CT molecular complexity index is 279. The second-order valence-corrected chi connectivity index (χ2v) is 5.06. The van der Waals surface area contributed by atoms with Gasteiger partial charge in [-0.3, -0.25) is 9.59 Å². The number of esters is 1. The number of ether oxygens (including phenoxy) is 1. The highest BCUT2D eigenvalue weighted by Crippen LogP contribution is 2.15. The summed E-state index contributed by atoms with van der Waals surface area (Å²) in [6.07, 6.45) is 2.86. The van der Waals surface area contributed by atoms with Crippen LogP contribution in [0.1, 0.15) is 33.6 Å². The van der Waals surface area contributed by atoms with E-state index in [4.69, 9.17) is 4.74 Å². The highest BCUT2D eigenvalue weighted by molar-refractivity contribution is 5.86. The molecule has 4 heteroatoms. The fourth-order valence-corrected chi connectivity index (χ4v) is 1.10. The maximum atomic E-state index is 11.4. The van der Waals surface area contributed by atoms with Gasteiger partial charge in [-0.2, -0.15) is 0 Å². The van der Waals surface area contributed by atoms with Crippen molar-refractivity contribution in [3.8, 4) is 0 Å². The Hall–Kier alpha value is -1.32. The molecule has 0 aliphatic heterocycles. The molecule has 1 amide bonds. The lowest BCUT2D eigenvalue weighted by Gasteiger charge is -2.17.